The molecule has 0 saturated carbocycles. The summed E-state index contributed by atoms with van der Waals surface area (Å²) in [4.78, 5) is 0. The van der Waals surface area contributed by atoms with Crippen molar-refractivity contribution in [3.63, 3.8) is 0 Å². The minimum Gasteiger partial charge on any atom is -0.492 e. The molecule has 108 valence electrons. The Bertz CT molecular complexity index is 371. The topological polar surface area (TPSA) is 41.5 Å². The van der Waals surface area contributed by atoms with Gasteiger partial charge in [0.05, 0.1) is 12.6 Å². The zero-order valence-corrected chi connectivity index (χ0v) is 12.6. The summed E-state index contributed by atoms with van der Waals surface area (Å²) in [7, 11) is 0. The van der Waals surface area contributed by atoms with E-state index < -0.39 is 0 Å². The zero-order chi connectivity index (χ0) is 14.3. The van der Waals surface area contributed by atoms with Crippen LogP contribution in [0.5, 0.6) is 5.75 Å². The van der Waals surface area contributed by atoms with Gasteiger partial charge in [-0.1, -0.05) is 39.8 Å². The van der Waals surface area contributed by atoms with Gasteiger partial charge in [-0.3, -0.25) is 0 Å². The Morgan fingerprint density at radius 1 is 1.32 bits per heavy atom. The van der Waals surface area contributed by atoms with Gasteiger partial charge in [-0.05, 0) is 36.1 Å². The van der Waals surface area contributed by atoms with Crippen LogP contribution in [0.2, 0.25) is 0 Å². The van der Waals surface area contributed by atoms with Crippen molar-refractivity contribution in [1.82, 2.24) is 5.32 Å². The molecule has 0 radical (unpaired) electrons. The molecule has 0 fully saturated rings. The van der Waals surface area contributed by atoms with E-state index in [1.807, 2.05) is 12.1 Å². The largest absolute Gasteiger partial charge is 0.492 e. The van der Waals surface area contributed by atoms with E-state index in [1.165, 1.54) is 5.56 Å². The molecule has 1 unspecified atom stereocenters. The van der Waals surface area contributed by atoms with Gasteiger partial charge >= 0.3 is 0 Å². The Labute approximate surface area is 117 Å². The van der Waals surface area contributed by atoms with E-state index in [4.69, 9.17) is 4.74 Å². The highest BCUT2D eigenvalue weighted by atomic mass is 16.5. The Kier molecular flexibility index (Phi) is 6.32. The van der Waals surface area contributed by atoms with Crippen LogP contribution in [-0.2, 0) is 5.41 Å². The molecule has 0 aliphatic rings. The van der Waals surface area contributed by atoms with Gasteiger partial charge in [0.25, 0.3) is 0 Å². The SMILES string of the molecule is CCCNC(CO)COc1cccc(C(C)(C)C)c1. The molecule has 0 aliphatic carbocycles. The molecule has 2 N–H and O–H groups in total. The standard InChI is InChI=1S/C16H27NO2/c1-5-9-17-14(11-18)12-19-15-8-6-7-13(10-15)16(2,3)4/h6-8,10,14,17-18H,5,9,11-12H2,1-4H3. The molecule has 3 nitrogen and oxygen atoms in total. The number of aliphatic hydroxyl groups excluding tert-OH is 1. The van der Waals surface area contributed by atoms with E-state index in [-0.39, 0.29) is 18.1 Å². The van der Waals surface area contributed by atoms with Gasteiger partial charge in [-0.2, -0.15) is 0 Å². The Hall–Kier alpha value is -1.06. The molecule has 0 heterocycles. The van der Waals surface area contributed by atoms with E-state index >= 15 is 0 Å². The average Bonchev–Trinajstić information content (AvgIpc) is 2.38. The molecule has 0 bridgehead atoms. The lowest BCUT2D eigenvalue weighted by Crippen LogP contribution is -2.38. The normalized spacial score (nSPS) is 13.3. The first-order valence-electron chi connectivity index (χ1n) is 7.05. The molecule has 0 aliphatic heterocycles. The number of ether oxygens (including phenoxy) is 1. The first-order chi connectivity index (χ1) is 8.97. The highest BCUT2D eigenvalue weighted by Crippen LogP contribution is 2.25. The second-order valence-electron chi connectivity index (χ2n) is 5.92. The molecule has 0 saturated heterocycles. The van der Waals surface area contributed by atoms with Gasteiger partial charge in [0.15, 0.2) is 0 Å². The lowest BCUT2D eigenvalue weighted by atomic mass is 9.87. The summed E-state index contributed by atoms with van der Waals surface area (Å²) in [6.07, 6.45) is 1.05. The number of aliphatic hydroxyl groups is 1. The fraction of sp³-hybridized carbons (Fsp3) is 0.625. The van der Waals surface area contributed by atoms with Crippen molar-refractivity contribution in [1.29, 1.82) is 0 Å². The number of hydrogen-bond donors (Lipinski definition) is 2. The lowest BCUT2D eigenvalue weighted by Gasteiger charge is -2.21. The number of nitrogens with one attached hydrogen (secondary N) is 1. The van der Waals surface area contributed by atoms with Crippen molar-refractivity contribution < 1.29 is 9.84 Å². The summed E-state index contributed by atoms with van der Waals surface area (Å²) in [6, 6.07) is 8.17. The minimum absolute atomic E-state index is 0.00163. The molecule has 3 heteroatoms. The van der Waals surface area contributed by atoms with Gasteiger partial charge in [0.2, 0.25) is 0 Å². The maximum Gasteiger partial charge on any atom is 0.119 e. The number of rotatable bonds is 7. The predicted octanol–water partition coefficient (Wildman–Crippen LogP) is 2.72. The van der Waals surface area contributed by atoms with Crippen molar-refractivity contribution in [2.75, 3.05) is 19.8 Å². The Balaban J connectivity index is 2.57. The van der Waals surface area contributed by atoms with Crippen LogP contribution in [0, 0.1) is 0 Å². The fourth-order valence-electron chi connectivity index (χ4n) is 1.77. The van der Waals surface area contributed by atoms with E-state index in [2.05, 4.69) is 45.1 Å². The first kappa shape index (κ1) is 16.0. The van der Waals surface area contributed by atoms with Crippen molar-refractivity contribution in [3.8, 4) is 5.75 Å². The molecule has 0 spiro atoms. The minimum atomic E-state index is -0.00163. The molecule has 0 amide bonds. The molecular formula is C16H27NO2. The Morgan fingerprint density at radius 3 is 2.63 bits per heavy atom. The third-order valence-electron chi connectivity index (χ3n) is 3.05. The van der Waals surface area contributed by atoms with Crippen LogP contribution in [0.15, 0.2) is 24.3 Å². The van der Waals surface area contributed by atoms with Gasteiger partial charge < -0.3 is 15.2 Å². The fourth-order valence-corrected chi connectivity index (χ4v) is 1.77. The summed E-state index contributed by atoms with van der Waals surface area (Å²) in [5.74, 6) is 0.865. The second kappa shape index (κ2) is 7.51. The summed E-state index contributed by atoms with van der Waals surface area (Å²) in [6.45, 7) is 10.1. The summed E-state index contributed by atoms with van der Waals surface area (Å²) in [5.41, 5.74) is 1.38. The predicted molar refractivity (Wildman–Crippen MR) is 79.8 cm³/mol. The van der Waals surface area contributed by atoms with Crippen LogP contribution in [0.4, 0.5) is 0 Å². The molecule has 1 aromatic carbocycles. The van der Waals surface area contributed by atoms with E-state index in [1.54, 1.807) is 0 Å². The van der Waals surface area contributed by atoms with Gasteiger partial charge in [0, 0.05) is 0 Å². The monoisotopic (exact) mass is 265 g/mol. The maximum absolute atomic E-state index is 9.27. The summed E-state index contributed by atoms with van der Waals surface area (Å²) >= 11 is 0. The van der Waals surface area contributed by atoms with Crippen LogP contribution in [0.1, 0.15) is 39.7 Å². The van der Waals surface area contributed by atoms with Gasteiger partial charge in [-0.25, -0.2) is 0 Å². The quantitative estimate of drug-likeness (QED) is 0.796. The second-order valence-corrected chi connectivity index (χ2v) is 5.92. The van der Waals surface area contributed by atoms with E-state index in [9.17, 15) is 5.11 Å². The van der Waals surface area contributed by atoms with Gasteiger partial charge in [0.1, 0.15) is 12.4 Å². The molecular weight excluding hydrogens is 238 g/mol. The molecule has 1 atom stereocenters. The van der Waals surface area contributed by atoms with E-state index in [0.29, 0.717) is 6.61 Å². The third-order valence-corrected chi connectivity index (χ3v) is 3.05. The molecule has 1 rings (SSSR count). The summed E-state index contributed by atoms with van der Waals surface area (Å²) < 4.78 is 5.77. The van der Waals surface area contributed by atoms with Crippen molar-refractivity contribution in [2.24, 2.45) is 0 Å². The Morgan fingerprint density at radius 2 is 2.05 bits per heavy atom. The smallest absolute Gasteiger partial charge is 0.119 e. The number of hydrogen-bond acceptors (Lipinski definition) is 3. The number of benzene rings is 1. The zero-order valence-electron chi connectivity index (χ0n) is 12.6. The van der Waals surface area contributed by atoms with Crippen LogP contribution in [-0.4, -0.2) is 30.9 Å². The lowest BCUT2D eigenvalue weighted by molar-refractivity contribution is 0.183. The summed E-state index contributed by atoms with van der Waals surface area (Å²) in [5, 5.41) is 12.5. The van der Waals surface area contributed by atoms with Gasteiger partial charge in [-0.15, -0.1) is 0 Å². The maximum atomic E-state index is 9.27. The van der Waals surface area contributed by atoms with Crippen LogP contribution in [0.3, 0.4) is 0 Å². The average molecular weight is 265 g/mol. The first-order valence-corrected chi connectivity index (χ1v) is 7.05. The highest BCUT2D eigenvalue weighted by Gasteiger charge is 2.14. The van der Waals surface area contributed by atoms with Crippen molar-refractivity contribution in [2.45, 2.75) is 45.6 Å². The molecule has 0 aromatic heterocycles. The van der Waals surface area contributed by atoms with Crippen LogP contribution >= 0.6 is 0 Å². The van der Waals surface area contributed by atoms with E-state index in [0.717, 1.165) is 18.7 Å². The highest BCUT2D eigenvalue weighted by molar-refractivity contribution is 5.32. The van der Waals surface area contributed by atoms with Crippen molar-refractivity contribution >= 4 is 0 Å². The molecule has 19 heavy (non-hydrogen) atoms. The molecule has 1 aromatic rings. The third kappa shape index (κ3) is 5.62. The van der Waals surface area contributed by atoms with Crippen LogP contribution in [0.25, 0.3) is 0 Å². The van der Waals surface area contributed by atoms with Crippen molar-refractivity contribution in [3.05, 3.63) is 29.8 Å². The van der Waals surface area contributed by atoms with Crippen LogP contribution < -0.4 is 10.1 Å².